The molecule has 10 heteroatoms. The number of rotatable bonds is 4. The summed E-state index contributed by atoms with van der Waals surface area (Å²) in [6.07, 6.45) is 0.675. The Labute approximate surface area is 178 Å². The van der Waals surface area contributed by atoms with Crippen LogP contribution in [0.5, 0.6) is 0 Å². The first-order chi connectivity index (χ1) is 14.7. The lowest BCUT2D eigenvalue weighted by Gasteiger charge is -2.10. The Morgan fingerprint density at radius 3 is 2.71 bits per heavy atom. The number of hydrogen-bond acceptors (Lipinski definition) is 4. The van der Waals surface area contributed by atoms with Crippen molar-refractivity contribution in [2.75, 3.05) is 5.32 Å². The van der Waals surface area contributed by atoms with Gasteiger partial charge in [0.05, 0.1) is 46.5 Å². The van der Waals surface area contributed by atoms with E-state index in [1.807, 2.05) is 0 Å². The summed E-state index contributed by atoms with van der Waals surface area (Å²) in [4.78, 5) is 24.4. The van der Waals surface area contributed by atoms with Gasteiger partial charge < -0.3 is 5.32 Å². The van der Waals surface area contributed by atoms with Gasteiger partial charge in [0.25, 0.3) is 0 Å². The van der Waals surface area contributed by atoms with Gasteiger partial charge in [-0.2, -0.15) is 13.2 Å². The molecular formula is C21H13ClF4N4O. The Morgan fingerprint density at radius 2 is 1.97 bits per heavy atom. The summed E-state index contributed by atoms with van der Waals surface area (Å²) in [6.45, 7) is 0. The molecular weight excluding hydrogens is 436 g/mol. The summed E-state index contributed by atoms with van der Waals surface area (Å²) in [5.74, 6) is -1.33. The zero-order valence-corrected chi connectivity index (χ0v) is 16.4. The highest BCUT2D eigenvalue weighted by molar-refractivity contribution is 6.49. The van der Waals surface area contributed by atoms with E-state index in [4.69, 9.17) is 11.6 Å². The van der Waals surface area contributed by atoms with E-state index in [1.165, 1.54) is 18.3 Å². The normalized spacial score (nSPS) is 13.0. The van der Waals surface area contributed by atoms with Gasteiger partial charge in [0.2, 0.25) is 5.91 Å². The Balaban J connectivity index is 1.49. The number of amides is 1. The summed E-state index contributed by atoms with van der Waals surface area (Å²) in [7, 11) is 0. The second-order valence-electron chi connectivity index (χ2n) is 6.80. The van der Waals surface area contributed by atoms with Crippen LogP contribution in [0.4, 0.5) is 23.2 Å². The number of hydrogen-bond donors (Lipinski definition) is 1. The van der Waals surface area contributed by atoms with Crippen molar-refractivity contribution in [3.05, 3.63) is 77.3 Å². The molecule has 2 heterocycles. The van der Waals surface area contributed by atoms with Crippen LogP contribution < -0.4 is 5.32 Å². The predicted octanol–water partition coefficient (Wildman–Crippen LogP) is 5.01. The molecule has 4 rings (SSSR count). The Kier molecular flexibility index (Phi) is 5.45. The van der Waals surface area contributed by atoms with Gasteiger partial charge in [0, 0.05) is 18.2 Å². The quantitative estimate of drug-likeness (QED) is 0.569. The molecule has 2 aromatic heterocycles. The van der Waals surface area contributed by atoms with Crippen LogP contribution in [0.2, 0.25) is 0 Å². The summed E-state index contributed by atoms with van der Waals surface area (Å²) in [5, 5.41) is 2.79. The van der Waals surface area contributed by atoms with E-state index in [9.17, 15) is 22.4 Å². The zero-order chi connectivity index (χ0) is 22.2. The number of carbonyl (C=O) groups excluding carboxylic acids is 1. The van der Waals surface area contributed by atoms with Crippen LogP contribution in [0.25, 0.3) is 16.3 Å². The minimum atomic E-state index is -4.59. The zero-order valence-electron chi connectivity index (χ0n) is 15.7. The van der Waals surface area contributed by atoms with Crippen molar-refractivity contribution in [1.29, 1.82) is 0 Å². The van der Waals surface area contributed by atoms with Crippen LogP contribution in [0.15, 0.2) is 48.9 Å². The molecule has 1 N–H and O–H groups in total. The average Bonchev–Trinajstić information content (AvgIpc) is 3.09. The number of nitrogens with zero attached hydrogens (tertiary/aromatic N) is 3. The summed E-state index contributed by atoms with van der Waals surface area (Å²) < 4.78 is 52.8. The number of fused-ring (bicyclic) bond motifs is 1. The molecule has 5 nitrogen and oxygen atoms in total. The molecule has 0 atom stereocenters. The number of anilines is 1. The van der Waals surface area contributed by atoms with Crippen LogP contribution in [0, 0.1) is 5.82 Å². The molecule has 1 amide bonds. The van der Waals surface area contributed by atoms with Crippen molar-refractivity contribution < 1.29 is 22.4 Å². The number of allylic oxidation sites excluding steroid dienone is 1. The van der Waals surface area contributed by atoms with E-state index < -0.39 is 23.5 Å². The summed E-state index contributed by atoms with van der Waals surface area (Å²) >= 11 is 6.09. The van der Waals surface area contributed by atoms with Gasteiger partial charge in [-0.3, -0.25) is 14.8 Å². The molecule has 0 aliphatic heterocycles. The maximum Gasteiger partial charge on any atom is 0.417 e. The highest BCUT2D eigenvalue weighted by Crippen LogP contribution is 2.31. The molecule has 0 radical (unpaired) electrons. The molecule has 0 bridgehead atoms. The van der Waals surface area contributed by atoms with Crippen molar-refractivity contribution in [2.45, 2.75) is 19.0 Å². The van der Waals surface area contributed by atoms with Crippen molar-refractivity contribution in [1.82, 2.24) is 15.0 Å². The Hall–Kier alpha value is -3.33. The second kappa shape index (κ2) is 8.07. The van der Waals surface area contributed by atoms with E-state index >= 15 is 0 Å². The summed E-state index contributed by atoms with van der Waals surface area (Å²) in [6, 6.07) is 4.98. The fraction of sp³-hybridized carbons (Fsp3) is 0.143. The Bertz CT molecular complexity index is 1210. The monoisotopic (exact) mass is 448 g/mol. The van der Waals surface area contributed by atoms with Crippen LogP contribution in [0.3, 0.4) is 0 Å². The van der Waals surface area contributed by atoms with Gasteiger partial charge in [-0.1, -0.05) is 29.8 Å². The predicted molar refractivity (Wildman–Crippen MR) is 107 cm³/mol. The van der Waals surface area contributed by atoms with Crippen molar-refractivity contribution in [2.24, 2.45) is 0 Å². The number of aromatic nitrogens is 3. The van der Waals surface area contributed by atoms with Gasteiger partial charge >= 0.3 is 6.18 Å². The first kappa shape index (κ1) is 20.9. The fourth-order valence-electron chi connectivity index (χ4n) is 3.07. The molecule has 0 fully saturated rings. The highest BCUT2D eigenvalue weighted by atomic mass is 35.5. The topological polar surface area (TPSA) is 67.8 Å². The number of alkyl halides is 3. The van der Waals surface area contributed by atoms with Gasteiger partial charge in [-0.05, 0) is 17.7 Å². The van der Waals surface area contributed by atoms with E-state index in [1.54, 1.807) is 12.1 Å². The Morgan fingerprint density at radius 1 is 1.16 bits per heavy atom. The standard InChI is InChI=1S/C21H13ClF4N4O/c22-15-3-4-17-20(15)30-18(10-28-17)12-2-1-11(16(23)5-12)6-19(31)29-14-7-13(8-27-9-14)21(24,25)26/h1-3,5,7-10H,4,6H2,(H,29,31). The first-order valence-corrected chi connectivity index (χ1v) is 9.41. The lowest BCUT2D eigenvalue weighted by molar-refractivity contribution is -0.137. The van der Waals surface area contributed by atoms with Crippen molar-refractivity contribution in [3.8, 4) is 11.3 Å². The number of halogens is 5. The molecule has 0 spiro atoms. The van der Waals surface area contributed by atoms with Gasteiger partial charge in [0.1, 0.15) is 11.5 Å². The van der Waals surface area contributed by atoms with Gasteiger partial charge in [-0.15, -0.1) is 0 Å². The van der Waals surface area contributed by atoms with Crippen LogP contribution >= 0.6 is 11.6 Å². The summed E-state index contributed by atoms with van der Waals surface area (Å²) in [5.41, 5.74) is 1.13. The minimum absolute atomic E-state index is 0.0771. The largest absolute Gasteiger partial charge is 0.417 e. The molecule has 0 saturated heterocycles. The van der Waals surface area contributed by atoms with Crippen molar-refractivity contribution in [3.63, 3.8) is 0 Å². The molecule has 31 heavy (non-hydrogen) atoms. The SMILES string of the molecule is O=C(Cc1ccc(-c2cnc3c(n2)C(Cl)=CC3)cc1F)Nc1cncc(C(F)(F)F)c1. The molecule has 1 aliphatic carbocycles. The van der Waals surface area contributed by atoms with E-state index in [0.717, 1.165) is 18.0 Å². The van der Waals surface area contributed by atoms with Gasteiger partial charge in [0.15, 0.2) is 0 Å². The number of nitrogens with one attached hydrogen (secondary N) is 1. The number of benzene rings is 1. The lowest BCUT2D eigenvalue weighted by atomic mass is 10.1. The third-order valence-corrected chi connectivity index (χ3v) is 4.93. The number of carbonyl (C=O) groups is 1. The van der Waals surface area contributed by atoms with E-state index in [2.05, 4.69) is 20.3 Å². The maximum absolute atomic E-state index is 14.6. The molecule has 0 saturated carbocycles. The van der Waals surface area contributed by atoms with E-state index in [0.29, 0.717) is 34.6 Å². The third kappa shape index (κ3) is 4.56. The van der Waals surface area contributed by atoms with Crippen LogP contribution in [-0.2, 0) is 23.8 Å². The highest BCUT2D eigenvalue weighted by Gasteiger charge is 2.31. The smallest absolute Gasteiger partial charge is 0.324 e. The van der Waals surface area contributed by atoms with Crippen molar-refractivity contribution >= 4 is 28.2 Å². The average molecular weight is 449 g/mol. The van der Waals surface area contributed by atoms with Crippen LogP contribution in [-0.4, -0.2) is 20.9 Å². The maximum atomic E-state index is 14.6. The number of pyridine rings is 1. The second-order valence-corrected chi connectivity index (χ2v) is 7.21. The fourth-order valence-corrected chi connectivity index (χ4v) is 3.30. The van der Waals surface area contributed by atoms with Crippen LogP contribution in [0.1, 0.15) is 22.5 Å². The third-order valence-electron chi connectivity index (χ3n) is 4.60. The molecule has 0 unspecified atom stereocenters. The van der Waals surface area contributed by atoms with E-state index in [-0.39, 0.29) is 17.7 Å². The molecule has 158 valence electrons. The first-order valence-electron chi connectivity index (χ1n) is 9.03. The molecule has 3 aromatic rings. The van der Waals surface area contributed by atoms with Gasteiger partial charge in [-0.25, -0.2) is 9.37 Å². The minimum Gasteiger partial charge on any atom is -0.324 e. The molecule has 1 aromatic carbocycles. The molecule has 1 aliphatic rings. The lowest BCUT2D eigenvalue weighted by Crippen LogP contribution is -2.16.